The summed E-state index contributed by atoms with van der Waals surface area (Å²) in [6, 6.07) is 0. The fraction of sp³-hybridized carbons (Fsp3) is 0.769. The molecule has 0 aromatic rings. The van der Waals surface area contributed by atoms with Crippen molar-refractivity contribution in [1.82, 2.24) is 0 Å². The van der Waals surface area contributed by atoms with Crippen molar-refractivity contribution in [2.75, 3.05) is 0 Å². The van der Waals surface area contributed by atoms with Gasteiger partial charge >= 0.3 is 0 Å². The summed E-state index contributed by atoms with van der Waals surface area (Å²) < 4.78 is 0. The molecule has 0 aliphatic carbocycles. The number of hydrogen-bond acceptors (Lipinski definition) is 1. The van der Waals surface area contributed by atoms with Gasteiger partial charge in [-0.3, -0.25) is 0 Å². The Hall–Kier alpha value is -0.590. The second-order valence-electron chi connectivity index (χ2n) is 4.39. The third-order valence-electron chi connectivity index (χ3n) is 2.40. The standard InChI is InChI=1S/C13H24O/c1-12(2)9-7-5-4-6-8-10-13(3)11-14/h9,11,13H,4-8,10H2,1-3H3. The fourth-order valence-corrected chi connectivity index (χ4v) is 1.42. The number of unbranched alkanes of at least 4 members (excludes halogenated alkanes) is 4. The quantitative estimate of drug-likeness (QED) is 0.324. The van der Waals surface area contributed by atoms with Gasteiger partial charge in [-0.25, -0.2) is 0 Å². The summed E-state index contributed by atoms with van der Waals surface area (Å²) in [4.78, 5) is 10.3. The van der Waals surface area contributed by atoms with Crippen LogP contribution < -0.4 is 0 Å². The first-order valence-corrected chi connectivity index (χ1v) is 5.75. The lowest BCUT2D eigenvalue weighted by Crippen LogP contribution is -1.94. The lowest BCUT2D eigenvalue weighted by molar-refractivity contribution is -0.110. The van der Waals surface area contributed by atoms with E-state index in [2.05, 4.69) is 19.9 Å². The van der Waals surface area contributed by atoms with Crippen molar-refractivity contribution in [3.8, 4) is 0 Å². The first-order valence-electron chi connectivity index (χ1n) is 5.75. The van der Waals surface area contributed by atoms with Gasteiger partial charge in [0.15, 0.2) is 0 Å². The minimum Gasteiger partial charge on any atom is -0.303 e. The average molecular weight is 196 g/mol. The van der Waals surface area contributed by atoms with Gasteiger partial charge in [-0.05, 0) is 33.1 Å². The van der Waals surface area contributed by atoms with E-state index in [-0.39, 0.29) is 5.92 Å². The first kappa shape index (κ1) is 13.4. The maximum atomic E-state index is 10.3. The predicted octanol–water partition coefficient (Wildman–Crippen LogP) is 4.13. The minimum absolute atomic E-state index is 0.257. The van der Waals surface area contributed by atoms with Gasteiger partial charge in [-0.1, -0.05) is 37.8 Å². The summed E-state index contributed by atoms with van der Waals surface area (Å²) in [5, 5.41) is 0. The number of carbonyl (C=O) groups excluding carboxylic acids is 1. The molecule has 0 radical (unpaired) electrons. The second kappa shape index (κ2) is 8.98. The highest BCUT2D eigenvalue weighted by atomic mass is 16.1. The smallest absolute Gasteiger partial charge is 0.122 e. The van der Waals surface area contributed by atoms with Gasteiger partial charge in [0.25, 0.3) is 0 Å². The highest BCUT2D eigenvalue weighted by molar-refractivity contribution is 5.52. The molecule has 0 heterocycles. The van der Waals surface area contributed by atoms with E-state index < -0.39 is 0 Å². The summed E-state index contributed by atoms with van der Waals surface area (Å²) in [6.07, 6.45) is 10.7. The highest BCUT2D eigenvalue weighted by Gasteiger charge is 1.98. The van der Waals surface area contributed by atoms with E-state index in [1.54, 1.807) is 0 Å². The highest BCUT2D eigenvalue weighted by Crippen LogP contribution is 2.10. The summed E-state index contributed by atoms with van der Waals surface area (Å²) in [5.74, 6) is 0.257. The molecule has 1 unspecified atom stereocenters. The van der Waals surface area contributed by atoms with Gasteiger partial charge < -0.3 is 4.79 Å². The molecule has 1 nitrogen and oxygen atoms in total. The molecule has 0 amide bonds. The van der Waals surface area contributed by atoms with E-state index in [1.165, 1.54) is 37.7 Å². The van der Waals surface area contributed by atoms with Crippen LogP contribution in [-0.2, 0) is 4.79 Å². The number of hydrogen-bond donors (Lipinski definition) is 0. The molecule has 0 saturated carbocycles. The molecule has 0 aromatic carbocycles. The van der Waals surface area contributed by atoms with Crippen LogP contribution in [0.15, 0.2) is 11.6 Å². The van der Waals surface area contributed by atoms with Crippen LogP contribution in [0.1, 0.15) is 59.3 Å². The Morgan fingerprint density at radius 3 is 2.36 bits per heavy atom. The van der Waals surface area contributed by atoms with Gasteiger partial charge in [0.1, 0.15) is 6.29 Å². The molecule has 14 heavy (non-hydrogen) atoms. The van der Waals surface area contributed by atoms with Gasteiger partial charge in [0.2, 0.25) is 0 Å². The predicted molar refractivity (Wildman–Crippen MR) is 62.4 cm³/mol. The molecule has 0 bridgehead atoms. The van der Waals surface area contributed by atoms with Crippen molar-refractivity contribution >= 4 is 6.29 Å². The summed E-state index contributed by atoms with van der Waals surface area (Å²) >= 11 is 0. The first-order chi connectivity index (χ1) is 6.66. The molecule has 0 N–H and O–H groups in total. The zero-order chi connectivity index (χ0) is 10.8. The Bertz CT molecular complexity index is 166. The Labute approximate surface area is 88.6 Å². The summed E-state index contributed by atoms with van der Waals surface area (Å²) in [6.45, 7) is 6.29. The average Bonchev–Trinajstić information content (AvgIpc) is 2.15. The van der Waals surface area contributed by atoms with Crippen molar-refractivity contribution in [3.05, 3.63) is 11.6 Å². The third kappa shape index (κ3) is 9.50. The molecule has 0 saturated heterocycles. The van der Waals surface area contributed by atoms with Gasteiger partial charge in [0, 0.05) is 5.92 Å². The van der Waals surface area contributed by atoms with E-state index in [0.29, 0.717) is 0 Å². The summed E-state index contributed by atoms with van der Waals surface area (Å²) in [7, 11) is 0. The monoisotopic (exact) mass is 196 g/mol. The normalized spacial score (nSPS) is 12.2. The fourth-order valence-electron chi connectivity index (χ4n) is 1.42. The third-order valence-corrected chi connectivity index (χ3v) is 2.40. The van der Waals surface area contributed by atoms with E-state index >= 15 is 0 Å². The molecular formula is C13H24O. The molecule has 0 aliphatic rings. The van der Waals surface area contributed by atoms with Crippen LogP contribution in [0.3, 0.4) is 0 Å². The molecule has 0 spiro atoms. The molecule has 0 rings (SSSR count). The largest absolute Gasteiger partial charge is 0.303 e. The van der Waals surface area contributed by atoms with E-state index in [4.69, 9.17) is 0 Å². The minimum atomic E-state index is 0.257. The Morgan fingerprint density at radius 1 is 1.14 bits per heavy atom. The maximum Gasteiger partial charge on any atom is 0.122 e. The lowest BCUT2D eigenvalue weighted by Gasteiger charge is -2.02. The second-order valence-corrected chi connectivity index (χ2v) is 4.39. The number of rotatable bonds is 8. The molecule has 1 heteroatoms. The maximum absolute atomic E-state index is 10.3. The number of aldehydes is 1. The number of carbonyl (C=O) groups is 1. The van der Waals surface area contributed by atoms with Crippen LogP contribution in [0.5, 0.6) is 0 Å². The van der Waals surface area contributed by atoms with Crippen molar-refractivity contribution in [3.63, 3.8) is 0 Å². The van der Waals surface area contributed by atoms with Crippen LogP contribution in [0.2, 0.25) is 0 Å². The van der Waals surface area contributed by atoms with Gasteiger partial charge in [0.05, 0.1) is 0 Å². The van der Waals surface area contributed by atoms with Crippen LogP contribution >= 0.6 is 0 Å². The Balaban J connectivity index is 3.14. The Morgan fingerprint density at radius 2 is 1.79 bits per heavy atom. The van der Waals surface area contributed by atoms with E-state index in [1.807, 2.05) is 6.92 Å². The van der Waals surface area contributed by atoms with Crippen LogP contribution in [-0.4, -0.2) is 6.29 Å². The van der Waals surface area contributed by atoms with Crippen molar-refractivity contribution in [1.29, 1.82) is 0 Å². The van der Waals surface area contributed by atoms with Crippen molar-refractivity contribution in [2.24, 2.45) is 5.92 Å². The van der Waals surface area contributed by atoms with Crippen LogP contribution in [0.4, 0.5) is 0 Å². The Kier molecular flexibility index (Phi) is 8.61. The molecule has 82 valence electrons. The van der Waals surface area contributed by atoms with Crippen LogP contribution in [0, 0.1) is 5.92 Å². The molecule has 1 atom stereocenters. The van der Waals surface area contributed by atoms with Gasteiger partial charge in [-0.15, -0.1) is 0 Å². The molecular weight excluding hydrogens is 172 g/mol. The van der Waals surface area contributed by atoms with Crippen molar-refractivity contribution < 1.29 is 4.79 Å². The van der Waals surface area contributed by atoms with Gasteiger partial charge in [-0.2, -0.15) is 0 Å². The number of allylic oxidation sites excluding steroid dienone is 2. The van der Waals surface area contributed by atoms with E-state index in [9.17, 15) is 4.79 Å². The molecule has 0 fully saturated rings. The molecule has 0 aliphatic heterocycles. The SMILES string of the molecule is CC(C)=CCCCCCCC(C)C=O. The zero-order valence-electron chi connectivity index (χ0n) is 9.88. The van der Waals surface area contributed by atoms with Crippen molar-refractivity contribution in [2.45, 2.75) is 59.3 Å². The molecule has 0 aromatic heterocycles. The zero-order valence-corrected chi connectivity index (χ0v) is 9.88. The van der Waals surface area contributed by atoms with E-state index in [0.717, 1.165) is 12.7 Å². The van der Waals surface area contributed by atoms with Crippen LogP contribution in [0.25, 0.3) is 0 Å². The lowest BCUT2D eigenvalue weighted by atomic mass is 10.0. The summed E-state index contributed by atoms with van der Waals surface area (Å²) in [5.41, 5.74) is 1.42. The topological polar surface area (TPSA) is 17.1 Å².